The van der Waals surface area contributed by atoms with Crippen LogP contribution in [-0.2, 0) is 0 Å². The summed E-state index contributed by atoms with van der Waals surface area (Å²) in [7, 11) is 2.78. The summed E-state index contributed by atoms with van der Waals surface area (Å²) < 4.78 is 30.7. The highest BCUT2D eigenvalue weighted by Gasteiger charge is 2.18. The predicted octanol–water partition coefficient (Wildman–Crippen LogP) is 1.38. The molecule has 3 nitrogen and oxygen atoms in total. The molecule has 0 saturated heterocycles. The van der Waals surface area contributed by atoms with Gasteiger partial charge in [0.2, 0.25) is 5.82 Å². The number of hydrogen-bond donors (Lipinski definition) is 1. The van der Waals surface area contributed by atoms with Crippen molar-refractivity contribution < 1.29 is 18.3 Å². The second kappa shape index (κ2) is 4.84. The first-order valence-electron chi connectivity index (χ1n) is 4.31. The molecule has 1 aromatic rings. The van der Waals surface area contributed by atoms with Crippen molar-refractivity contribution in [1.29, 1.82) is 0 Å². The molecule has 0 spiro atoms. The zero-order valence-electron chi connectivity index (χ0n) is 8.43. The number of benzene rings is 1. The van der Waals surface area contributed by atoms with E-state index < -0.39 is 11.6 Å². The summed E-state index contributed by atoms with van der Waals surface area (Å²) in [6.07, 6.45) is 0. The fourth-order valence-corrected chi connectivity index (χ4v) is 1.21. The predicted molar refractivity (Wildman–Crippen MR) is 51.2 cm³/mol. The molecular weight excluding hydrogens is 204 g/mol. The van der Waals surface area contributed by atoms with Gasteiger partial charge in [0.1, 0.15) is 0 Å². The van der Waals surface area contributed by atoms with Crippen molar-refractivity contribution in [2.45, 2.75) is 0 Å². The average Bonchev–Trinajstić information content (AvgIpc) is 2.22. The second-order valence-corrected chi connectivity index (χ2v) is 2.90. The summed E-state index contributed by atoms with van der Waals surface area (Å²) in [5, 5.41) is 2.63. The SMILES string of the molecule is CNCC(=O)c1ccc(F)c(F)c1OC. The van der Waals surface area contributed by atoms with E-state index in [-0.39, 0.29) is 23.6 Å². The van der Waals surface area contributed by atoms with Crippen LogP contribution in [0.25, 0.3) is 0 Å². The minimum atomic E-state index is -1.14. The highest BCUT2D eigenvalue weighted by atomic mass is 19.2. The van der Waals surface area contributed by atoms with Gasteiger partial charge in [-0.3, -0.25) is 4.79 Å². The molecule has 0 aliphatic rings. The lowest BCUT2D eigenvalue weighted by atomic mass is 10.1. The summed E-state index contributed by atoms with van der Waals surface area (Å²) >= 11 is 0. The Hall–Kier alpha value is -1.49. The third kappa shape index (κ3) is 2.30. The molecular formula is C10H11F2NO2. The monoisotopic (exact) mass is 215 g/mol. The largest absolute Gasteiger partial charge is 0.493 e. The molecule has 0 atom stereocenters. The quantitative estimate of drug-likeness (QED) is 0.771. The number of carbonyl (C=O) groups excluding carboxylic acids is 1. The summed E-state index contributed by atoms with van der Waals surface area (Å²) in [5.41, 5.74) is 0.0331. The molecule has 0 heterocycles. The maximum atomic E-state index is 13.2. The molecule has 15 heavy (non-hydrogen) atoms. The van der Waals surface area contributed by atoms with Gasteiger partial charge in [0.25, 0.3) is 0 Å². The van der Waals surface area contributed by atoms with E-state index in [1.807, 2.05) is 0 Å². The molecule has 0 unspecified atom stereocenters. The minimum Gasteiger partial charge on any atom is -0.493 e. The molecule has 0 radical (unpaired) electrons. The second-order valence-electron chi connectivity index (χ2n) is 2.90. The van der Waals surface area contributed by atoms with Gasteiger partial charge in [-0.2, -0.15) is 4.39 Å². The summed E-state index contributed by atoms with van der Waals surface area (Å²) in [6.45, 7) is 0.0431. The average molecular weight is 215 g/mol. The molecule has 1 aromatic carbocycles. The van der Waals surface area contributed by atoms with Crippen LogP contribution < -0.4 is 10.1 Å². The molecule has 1 rings (SSSR count). The lowest BCUT2D eigenvalue weighted by molar-refractivity contribution is 0.0989. The van der Waals surface area contributed by atoms with Crippen molar-refractivity contribution in [3.05, 3.63) is 29.3 Å². The van der Waals surface area contributed by atoms with E-state index >= 15 is 0 Å². The third-order valence-electron chi connectivity index (χ3n) is 1.89. The van der Waals surface area contributed by atoms with Gasteiger partial charge in [-0.1, -0.05) is 0 Å². The topological polar surface area (TPSA) is 38.3 Å². The number of halogens is 2. The molecule has 0 aliphatic heterocycles. The summed E-state index contributed by atoms with van der Waals surface area (Å²) in [4.78, 5) is 11.5. The van der Waals surface area contributed by atoms with Crippen LogP contribution in [0.15, 0.2) is 12.1 Å². The number of rotatable bonds is 4. The molecule has 0 saturated carbocycles. The molecule has 0 bridgehead atoms. The van der Waals surface area contributed by atoms with Gasteiger partial charge in [-0.25, -0.2) is 4.39 Å². The molecule has 82 valence electrons. The summed E-state index contributed by atoms with van der Waals surface area (Å²) in [5.74, 6) is -2.88. The third-order valence-corrected chi connectivity index (χ3v) is 1.89. The molecule has 5 heteroatoms. The van der Waals surface area contributed by atoms with E-state index in [0.717, 1.165) is 6.07 Å². The lowest BCUT2D eigenvalue weighted by Crippen LogP contribution is -2.19. The Morgan fingerprint density at radius 3 is 2.67 bits per heavy atom. The number of likely N-dealkylation sites (N-methyl/N-ethyl adjacent to an activating group) is 1. The Morgan fingerprint density at radius 2 is 2.13 bits per heavy atom. The Kier molecular flexibility index (Phi) is 3.74. The van der Waals surface area contributed by atoms with Crippen LogP contribution in [0.1, 0.15) is 10.4 Å². The van der Waals surface area contributed by atoms with E-state index in [9.17, 15) is 13.6 Å². The maximum absolute atomic E-state index is 13.2. The number of nitrogens with one attached hydrogen (secondary N) is 1. The fourth-order valence-electron chi connectivity index (χ4n) is 1.21. The molecule has 0 aromatic heterocycles. The van der Waals surface area contributed by atoms with Gasteiger partial charge in [0.15, 0.2) is 17.3 Å². The van der Waals surface area contributed by atoms with Gasteiger partial charge in [0, 0.05) is 0 Å². The Morgan fingerprint density at radius 1 is 1.47 bits per heavy atom. The normalized spacial score (nSPS) is 10.1. The van der Waals surface area contributed by atoms with Crippen LogP contribution in [0.3, 0.4) is 0 Å². The first-order chi connectivity index (χ1) is 7.11. The number of ether oxygens (including phenoxy) is 1. The van der Waals surface area contributed by atoms with Gasteiger partial charge in [0.05, 0.1) is 19.2 Å². The van der Waals surface area contributed by atoms with Crippen LogP contribution in [0, 0.1) is 11.6 Å². The Labute approximate surface area is 86.0 Å². The van der Waals surface area contributed by atoms with Crippen molar-refractivity contribution in [2.24, 2.45) is 0 Å². The number of methoxy groups -OCH3 is 1. The number of ketones is 1. The van der Waals surface area contributed by atoms with Gasteiger partial charge < -0.3 is 10.1 Å². The van der Waals surface area contributed by atoms with Gasteiger partial charge in [-0.05, 0) is 19.2 Å². The highest BCUT2D eigenvalue weighted by Crippen LogP contribution is 2.24. The van der Waals surface area contributed by atoms with Crippen molar-refractivity contribution in [3.8, 4) is 5.75 Å². The van der Waals surface area contributed by atoms with E-state index in [4.69, 9.17) is 0 Å². The molecule has 0 fully saturated rings. The Bertz CT molecular complexity index is 380. The van der Waals surface area contributed by atoms with Crippen LogP contribution in [-0.4, -0.2) is 26.5 Å². The van der Waals surface area contributed by atoms with Crippen molar-refractivity contribution in [1.82, 2.24) is 5.32 Å². The zero-order chi connectivity index (χ0) is 11.4. The van der Waals surface area contributed by atoms with E-state index in [2.05, 4.69) is 10.1 Å². The molecule has 0 amide bonds. The lowest BCUT2D eigenvalue weighted by Gasteiger charge is -2.08. The first-order valence-corrected chi connectivity index (χ1v) is 4.31. The van der Waals surface area contributed by atoms with E-state index in [0.29, 0.717) is 0 Å². The fraction of sp³-hybridized carbons (Fsp3) is 0.300. The standard InChI is InChI=1S/C10H11F2NO2/c1-13-5-8(14)6-3-4-7(11)9(12)10(6)15-2/h3-4,13H,5H2,1-2H3. The highest BCUT2D eigenvalue weighted by molar-refractivity contribution is 6.00. The number of carbonyl (C=O) groups is 1. The van der Waals surface area contributed by atoms with E-state index in [1.54, 1.807) is 7.05 Å². The minimum absolute atomic E-state index is 0.0331. The molecule has 0 aliphatic carbocycles. The van der Waals surface area contributed by atoms with Crippen LogP contribution in [0.5, 0.6) is 5.75 Å². The first kappa shape index (κ1) is 11.6. The van der Waals surface area contributed by atoms with Crippen molar-refractivity contribution >= 4 is 5.78 Å². The summed E-state index contributed by atoms with van der Waals surface area (Å²) in [6, 6.07) is 2.11. The zero-order valence-corrected chi connectivity index (χ0v) is 8.43. The number of Topliss-reactive ketones (excluding diaryl/α,β-unsaturated/α-hetero) is 1. The molecule has 1 N–H and O–H groups in total. The maximum Gasteiger partial charge on any atom is 0.201 e. The number of hydrogen-bond acceptors (Lipinski definition) is 3. The van der Waals surface area contributed by atoms with Gasteiger partial charge in [-0.15, -0.1) is 0 Å². The van der Waals surface area contributed by atoms with Gasteiger partial charge >= 0.3 is 0 Å². The Balaban J connectivity index is 3.18. The van der Waals surface area contributed by atoms with Crippen LogP contribution in [0.2, 0.25) is 0 Å². The smallest absolute Gasteiger partial charge is 0.201 e. The van der Waals surface area contributed by atoms with Crippen LogP contribution >= 0.6 is 0 Å². The van der Waals surface area contributed by atoms with Crippen molar-refractivity contribution in [3.63, 3.8) is 0 Å². The van der Waals surface area contributed by atoms with Crippen molar-refractivity contribution in [2.75, 3.05) is 20.7 Å². The van der Waals surface area contributed by atoms with E-state index in [1.165, 1.54) is 13.2 Å². The van der Waals surface area contributed by atoms with Crippen LogP contribution in [0.4, 0.5) is 8.78 Å².